The molecule has 1 N–H and O–H groups in total. The van der Waals surface area contributed by atoms with Crippen molar-refractivity contribution in [1.82, 2.24) is 24.9 Å². The normalized spacial score (nSPS) is 23.5. The molecule has 0 aliphatic carbocycles. The predicted octanol–water partition coefficient (Wildman–Crippen LogP) is 0.205. The van der Waals surface area contributed by atoms with Gasteiger partial charge < -0.3 is 10.2 Å². The Labute approximate surface area is 134 Å². The highest BCUT2D eigenvalue weighted by molar-refractivity contribution is 6.08. The van der Waals surface area contributed by atoms with Gasteiger partial charge >= 0.3 is 6.03 Å². The van der Waals surface area contributed by atoms with E-state index in [2.05, 4.69) is 10.4 Å². The van der Waals surface area contributed by atoms with Gasteiger partial charge in [-0.25, -0.2) is 4.79 Å². The topological polar surface area (TPSA) is 87.5 Å². The van der Waals surface area contributed by atoms with Gasteiger partial charge in [-0.15, -0.1) is 0 Å². The second-order valence-corrected chi connectivity index (χ2v) is 6.56. The van der Waals surface area contributed by atoms with E-state index < -0.39 is 11.6 Å². The number of carbonyl (C=O) groups excluding carboxylic acids is 3. The first-order valence-electron chi connectivity index (χ1n) is 7.79. The largest absolute Gasteiger partial charge is 0.336 e. The molecule has 8 nitrogen and oxygen atoms in total. The summed E-state index contributed by atoms with van der Waals surface area (Å²) < 4.78 is 1.80. The molecule has 3 rings (SSSR count). The minimum absolute atomic E-state index is 0.0520. The quantitative estimate of drug-likeness (QED) is 0.803. The lowest BCUT2D eigenvalue weighted by molar-refractivity contribution is -0.139. The second-order valence-electron chi connectivity index (χ2n) is 6.56. The zero-order valence-corrected chi connectivity index (χ0v) is 13.4. The number of hydrogen-bond donors (Lipinski definition) is 1. The van der Waals surface area contributed by atoms with E-state index in [4.69, 9.17) is 0 Å². The standard InChI is InChI=1S/C15H21N5O3/c1-15(2)13(22)20(14(23)17-15)10-12(21)19-8-3-5-11(19)9-18-7-4-6-16-18/h4,6-7,11H,3,5,8-10H2,1-2H3,(H,17,23)/t11-/m0/s1. The molecule has 0 bridgehead atoms. The van der Waals surface area contributed by atoms with Gasteiger partial charge in [0.05, 0.1) is 12.6 Å². The maximum absolute atomic E-state index is 12.6. The molecule has 124 valence electrons. The van der Waals surface area contributed by atoms with Crippen molar-refractivity contribution in [2.24, 2.45) is 0 Å². The van der Waals surface area contributed by atoms with Crippen LogP contribution in [0.2, 0.25) is 0 Å². The SMILES string of the molecule is CC1(C)NC(=O)N(CC(=O)N2CCC[C@H]2Cn2cccn2)C1=O. The first kappa shape index (κ1) is 15.5. The van der Waals surface area contributed by atoms with Gasteiger partial charge in [0.15, 0.2) is 0 Å². The van der Waals surface area contributed by atoms with Crippen molar-refractivity contribution in [3.8, 4) is 0 Å². The second kappa shape index (κ2) is 5.68. The number of likely N-dealkylation sites (tertiary alicyclic amines) is 1. The van der Waals surface area contributed by atoms with Crippen LogP contribution in [0.1, 0.15) is 26.7 Å². The summed E-state index contributed by atoms with van der Waals surface area (Å²) in [6, 6.07) is 1.39. The molecule has 0 aromatic carbocycles. The number of nitrogens with one attached hydrogen (secondary N) is 1. The Morgan fingerprint density at radius 3 is 2.83 bits per heavy atom. The zero-order valence-electron chi connectivity index (χ0n) is 13.4. The molecule has 1 atom stereocenters. The van der Waals surface area contributed by atoms with Gasteiger partial charge in [-0.05, 0) is 32.8 Å². The molecule has 0 spiro atoms. The molecule has 2 saturated heterocycles. The van der Waals surface area contributed by atoms with E-state index >= 15 is 0 Å². The summed E-state index contributed by atoms with van der Waals surface area (Å²) in [7, 11) is 0. The van der Waals surface area contributed by atoms with Crippen molar-refractivity contribution in [2.75, 3.05) is 13.1 Å². The van der Waals surface area contributed by atoms with Crippen LogP contribution in [-0.2, 0) is 16.1 Å². The highest BCUT2D eigenvalue weighted by Gasteiger charge is 2.45. The molecule has 0 unspecified atom stereocenters. The van der Waals surface area contributed by atoms with E-state index in [-0.39, 0.29) is 24.4 Å². The summed E-state index contributed by atoms with van der Waals surface area (Å²) in [4.78, 5) is 39.4. The Kier molecular flexibility index (Phi) is 3.83. The number of amides is 4. The Bertz CT molecular complexity index is 625. The predicted molar refractivity (Wildman–Crippen MR) is 81.3 cm³/mol. The third kappa shape index (κ3) is 2.93. The minimum Gasteiger partial charge on any atom is -0.336 e. The Balaban J connectivity index is 1.65. The number of hydrogen-bond acceptors (Lipinski definition) is 4. The van der Waals surface area contributed by atoms with E-state index in [1.807, 2.05) is 12.3 Å². The van der Waals surface area contributed by atoms with Gasteiger partial charge in [0.2, 0.25) is 5.91 Å². The monoisotopic (exact) mass is 319 g/mol. The Morgan fingerprint density at radius 2 is 2.22 bits per heavy atom. The van der Waals surface area contributed by atoms with E-state index in [1.165, 1.54) is 0 Å². The van der Waals surface area contributed by atoms with Crippen LogP contribution < -0.4 is 5.32 Å². The van der Waals surface area contributed by atoms with Crippen LogP contribution in [0.5, 0.6) is 0 Å². The molecule has 1 aromatic rings. The lowest BCUT2D eigenvalue weighted by atomic mass is 10.1. The summed E-state index contributed by atoms with van der Waals surface area (Å²) >= 11 is 0. The third-order valence-electron chi connectivity index (χ3n) is 4.39. The molecule has 0 saturated carbocycles. The van der Waals surface area contributed by atoms with Crippen LogP contribution >= 0.6 is 0 Å². The van der Waals surface area contributed by atoms with Gasteiger partial charge in [-0.2, -0.15) is 5.10 Å². The van der Waals surface area contributed by atoms with E-state index in [0.717, 1.165) is 17.7 Å². The van der Waals surface area contributed by atoms with Crippen molar-refractivity contribution < 1.29 is 14.4 Å². The number of aromatic nitrogens is 2. The molecule has 2 aliphatic rings. The summed E-state index contributed by atoms with van der Waals surface area (Å²) in [6.07, 6.45) is 5.39. The number of rotatable bonds is 4. The van der Waals surface area contributed by atoms with E-state index in [1.54, 1.807) is 29.6 Å². The van der Waals surface area contributed by atoms with E-state index in [0.29, 0.717) is 13.1 Å². The number of nitrogens with zero attached hydrogens (tertiary/aromatic N) is 4. The maximum atomic E-state index is 12.6. The van der Waals surface area contributed by atoms with Crippen molar-refractivity contribution in [3.05, 3.63) is 18.5 Å². The van der Waals surface area contributed by atoms with Crippen LogP contribution in [0, 0.1) is 0 Å². The zero-order chi connectivity index (χ0) is 16.6. The lowest BCUT2D eigenvalue weighted by Gasteiger charge is -2.26. The van der Waals surface area contributed by atoms with Gasteiger partial charge in [0.1, 0.15) is 12.1 Å². The number of imide groups is 1. The molecule has 3 heterocycles. The van der Waals surface area contributed by atoms with Gasteiger partial charge in [-0.3, -0.25) is 19.2 Å². The number of carbonyl (C=O) groups is 3. The summed E-state index contributed by atoms with van der Waals surface area (Å²) in [5.41, 5.74) is -0.948. The molecular weight excluding hydrogens is 298 g/mol. The molecular formula is C15H21N5O3. The summed E-state index contributed by atoms with van der Waals surface area (Å²) in [6.45, 7) is 4.34. The fourth-order valence-corrected chi connectivity index (χ4v) is 3.17. The van der Waals surface area contributed by atoms with Crippen LogP contribution in [0.25, 0.3) is 0 Å². The van der Waals surface area contributed by atoms with Gasteiger partial charge in [0, 0.05) is 18.9 Å². The Hall–Kier alpha value is -2.38. The molecule has 1 aromatic heterocycles. The highest BCUT2D eigenvalue weighted by atomic mass is 16.2. The first-order valence-corrected chi connectivity index (χ1v) is 7.79. The lowest BCUT2D eigenvalue weighted by Crippen LogP contribution is -2.46. The van der Waals surface area contributed by atoms with Crippen LogP contribution in [0.3, 0.4) is 0 Å². The first-order chi connectivity index (χ1) is 10.9. The third-order valence-corrected chi connectivity index (χ3v) is 4.39. The van der Waals surface area contributed by atoms with Crippen LogP contribution in [0.4, 0.5) is 4.79 Å². The molecule has 2 aliphatic heterocycles. The van der Waals surface area contributed by atoms with Crippen LogP contribution in [0.15, 0.2) is 18.5 Å². The van der Waals surface area contributed by atoms with Crippen molar-refractivity contribution in [3.63, 3.8) is 0 Å². The van der Waals surface area contributed by atoms with E-state index in [9.17, 15) is 14.4 Å². The fraction of sp³-hybridized carbons (Fsp3) is 0.600. The van der Waals surface area contributed by atoms with Crippen LogP contribution in [-0.4, -0.2) is 62.1 Å². The van der Waals surface area contributed by atoms with Gasteiger partial charge in [0.25, 0.3) is 5.91 Å². The summed E-state index contributed by atoms with van der Waals surface area (Å²) in [5, 5.41) is 6.76. The molecule has 23 heavy (non-hydrogen) atoms. The molecule has 4 amide bonds. The van der Waals surface area contributed by atoms with Crippen molar-refractivity contribution in [1.29, 1.82) is 0 Å². The molecule has 8 heteroatoms. The highest BCUT2D eigenvalue weighted by Crippen LogP contribution is 2.21. The van der Waals surface area contributed by atoms with Crippen molar-refractivity contribution >= 4 is 17.8 Å². The average Bonchev–Trinajstić information content (AvgIpc) is 3.18. The Morgan fingerprint density at radius 1 is 1.43 bits per heavy atom. The molecule has 2 fully saturated rings. The number of urea groups is 1. The minimum atomic E-state index is -0.948. The maximum Gasteiger partial charge on any atom is 0.325 e. The van der Waals surface area contributed by atoms with Gasteiger partial charge in [-0.1, -0.05) is 0 Å². The average molecular weight is 319 g/mol. The molecule has 0 radical (unpaired) electrons. The van der Waals surface area contributed by atoms with Crippen molar-refractivity contribution in [2.45, 2.75) is 44.8 Å². The summed E-state index contributed by atoms with van der Waals surface area (Å²) in [5.74, 6) is -0.556. The fourth-order valence-electron chi connectivity index (χ4n) is 3.17. The smallest absolute Gasteiger partial charge is 0.325 e.